The van der Waals surface area contributed by atoms with Crippen molar-refractivity contribution in [2.75, 3.05) is 38.5 Å². The zero-order chi connectivity index (χ0) is 31.4. The van der Waals surface area contributed by atoms with E-state index in [1.165, 1.54) is 43.4 Å². The molecule has 0 saturated heterocycles. The molecule has 0 saturated carbocycles. The number of amides is 2. The highest BCUT2D eigenvalue weighted by Gasteiger charge is 2.10. The van der Waals surface area contributed by atoms with Crippen molar-refractivity contribution in [3.63, 3.8) is 0 Å². The molecule has 3 N–H and O–H groups in total. The van der Waals surface area contributed by atoms with Gasteiger partial charge in [0.25, 0.3) is 0 Å². The van der Waals surface area contributed by atoms with Crippen molar-refractivity contribution in [3.05, 3.63) is 54.9 Å². The van der Waals surface area contributed by atoms with Crippen molar-refractivity contribution in [3.8, 4) is 0 Å². The Balaban J connectivity index is 2.29. The van der Waals surface area contributed by atoms with E-state index in [1.54, 1.807) is 21.6 Å². The topological polar surface area (TPSA) is 73.5 Å². The monoisotopic (exact) mass is 632 g/mol. The van der Waals surface area contributed by atoms with Crippen LogP contribution < -0.4 is 16.0 Å². The van der Waals surface area contributed by atoms with Gasteiger partial charge in [0.2, 0.25) is 11.8 Å². The van der Waals surface area contributed by atoms with Gasteiger partial charge in [-0.05, 0) is 50.7 Å². The summed E-state index contributed by atoms with van der Waals surface area (Å²) < 4.78 is 0. The first kappa shape index (κ1) is 39.0. The van der Waals surface area contributed by atoms with Gasteiger partial charge in [0.1, 0.15) is 0 Å². The molecule has 244 valence electrons. The van der Waals surface area contributed by atoms with Crippen molar-refractivity contribution in [2.45, 2.75) is 115 Å². The smallest absolute Gasteiger partial charge is 0.220 e. The van der Waals surface area contributed by atoms with E-state index in [9.17, 15) is 9.59 Å². The fourth-order valence-electron chi connectivity index (χ4n) is 4.61. The molecule has 1 rings (SSSR count). The summed E-state index contributed by atoms with van der Waals surface area (Å²) in [7, 11) is 3.44. The molecule has 6 nitrogen and oxygen atoms in total. The third-order valence-corrected chi connectivity index (χ3v) is 9.66. The average Bonchev–Trinajstić information content (AvgIpc) is 3.01. The summed E-state index contributed by atoms with van der Waals surface area (Å²) in [5.74, 6) is 1.08. The maximum Gasteiger partial charge on any atom is 0.220 e. The molecular weight excluding hydrogens is 573 g/mol. The Morgan fingerprint density at radius 3 is 1.95 bits per heavy atom. The second-order valence-corrected chi connectivity index (χ2v) is 13.7. The van der Waals surface area contributed by atoms with E-state index in [2.05, 4.69) is 60.0 Å². The minimum Gasteiger partial charge on any atom is -0.387 e. The molecule has 2 amide bonds. The lowest BCUT2D eigenvalue weighted by Gasteiger charge is -2.28. The lowest BCUT2D eigenvalue weighted by molar-refractivity contribution is -0.121. The summed E-state index contributed by atoms with van der Waals surface area (Å²) in [6.45, 7) is 16.8. The highest BCUT2D eigenvalue weighted by molar-refractivity contribution is 8.76. The molecule has 0 aliphatic rings. The normalized spacial score (nSPS) is 10.7. The quantitative estimate of drug-likeness (QED) is 0.0608. The number of unbranched alkanes of at least 4 members (excludes halogenated alkanes) is 8. The Bertz CT molecular complexity index is 852. The molecule has 43 heavy (non-hydrogen) atoms. The average molecular weight is 633 g/mol. The van der Waals surface area contributed by atoms with Crippen LogP contribution in [0.1, 0.15) is 110 Å². The molecule has 0 aliphatic carbocycles. The predicted octanol–water partition coefficient (Wildman–Crippen LogP) is 8.47. The number of allylic oxidation sites excluding steroid dienone is 2. The van der Waals surface area contributed by atoms with E-state index in [-0.39, 0.29) is 11.8 Å². The number of hydrogen-bond donors (Lipinski definition) is 3. The SMILES string of the molecule is C=C(CCCCCC)NCCN(CCNC(=O)CCCCCC)C(=C)CCCCCNC(=O)CCSSc1ccccc1. The molecule has 0 atom stereocenters. The molecule has 0 heterocycles. The van der Waals surface area contributed by atoms with E-state index >= 15 is 0 Å². The van der Waals surface area contributed by atoms with Crippen LogP contribution >= 0.6 is 21.6 Å². The standard InChI is InChI=1S/C35H60N4O2S2/c1-5-7-9-13-19-31(3)36-26-28-39(29-27-38-34(40)23-17-10-8-6-2)32(4)20-14-12-18-25-37-35(41)24-30-42-43-33-21-15-11-16-22-33/h11,15-16,21-22,36H,3-10,12-14,17-20,23-30H2,1-2H3,(H,37,41)(H,38,40). The van der Waals surface area contributed by atoms with Gasteiger partial charge in [0.15, 0.2) is 0 Å². The number of nitrogens with zero attached hydrogens (tertiary/aromatic N) is 1. The van der Waals surface area contributed by atoms with Crippen LogP contribution in [0.3, 0.4) is 0 Å². The molecule has 1 aromatic carbocycles. The van der Waals surface area contributed by atoms with Gasteiger partial charge >= 0.3 is 0 Å². The van der Waals surface area contributed by atoms with Crippen LogP contribution in [-0.2, 0) is 9.59 Å². The summed E-state index contributed by atoms with van der Waals surface area (Å²) in [6.07, 6.45) is 15.6. The number of nitrogens with one attached hydrogen (secondary N) is 3. The predicted molar refractivity (Wildman–Crippen MR) is 189 cm³/mol. The Kier molecular flexibility index (Phi) is 24.9. The van der Waals surface area contributed by atoms with Gasteiger partial charge in [-0.15, -0.1) is 0 Å². The summed E-state index contributed by atoms with van der Waals surface area (Å²) in [5.41, 5.74) is 2.22. The highest BCUT2D eigenvalue weighted by atomic mass is 33.1. The first-order chi connectivity index (χ1) is 21.0. The zero-order valence-electron chi connectivity index (χ0n) is 27.2. The molecule has 8 heteroatoms. The van der Waals surface area contributed by atoms with Gasteiger partial charge in [-0.3, -0.25) is 9.59 Å². The third-order valence-electron chi connectivity index (χ3n) is 7.27. The van der Waals surface area contributed by atoms with Gasteiger partial charge < -0.3 is 20.9 Å². The Morgan fingerprint density at radius 1 is 0.674 bits per heavy atom. The van der Waals surface area contributed by atoms with Crippen LogP contribution in [0.25, 0.3) is 0 Å². The van der Waals surface area contributed by atoms with Gasteiger partial charge in [0, 0.05) is 67.6 Å². The molecule has 0 radical (unpaired) electrons. The summed E-state index contributed by atoms with van der Waals surface area (Å²) in [4.78, 5) is 27.9. The van der Waals surface area contributed by atoms with Crippen molar-refractivity contribution in [1.82, 2.24) is 20.9 Å². The van der Waals surface area contributed by atoms with Crippen molar-refractivity contribution in [1.29, 1.82) is 0 Å². The number of carbonyl (C=O) groups excluding carboxylic acids is 2. The van der Waals surface area contributed by atoms with E-state index in [1.807, 2.05) is 18.2 Å². The number of benzene rings is 1. The first-order valence-corrected chi connectivity index (χ1v) is 19.0. The van der Waals surface area contributed by atoms with Crippen LogP contribution in [0, 0.1) is 0 Å². The minimum absolute atomic E-state index is 0.128. The Labute approximate surface area is 271 Å². The fourth-order valence-corrected chi connectivity index (χ4v) is 6.60. The molecule has 0 fully saturated rings. The summed E-state index contributed by atoms with van der Waals surface area (Å²) in [6, 6.07) is 10.3. The van der Waals surface area contributed by atoms with Gasteiger partial charge in [-0.25, -0.2) is 0 Å². The van der Waals surface area contributed by atoms with Crippen LogP contribution in [0.5, 0.6) is 0 Å². The van der Waals surface area contributed by atoms with Crippen LogP contribution in [-0.4, -0.2) is 55.2 Å². The molecule has 0 aromatic heterocycles. The van der Waals surface area contributed by atoms with Crippen molar-refractivity contribution in [2.24, 2.45) is 0 Å². The lowest BCUT2D eigenvalue weighted by Crippen LogP contribution is -2.37. The first-order valence-electron chi connectivity index (χ1n) is 16.7. The second kappa shape index (κ2) is 27.5. The van der Waals surface area contributed by atoms with E-state index in [0.29, 0.717) is 19.4 Å². The maximum absolute atomic E-state index is 12.3. The van der Waals surface area contributed by atoms with E-state index in [0.717, 1.165) is 88.3 Å². The lowest BCUT2D eigenvalue weighted by atomic mass is 10.1. The number of hydrogen-bond acceptors (Lipinski definition) is 6. The van der Waals surface area contributed by atoms with Gasteiger partial charge in [-0.1, -0.05) is 112 Å². The highest BCUT2D eigenvalue weighted by Crippen LogP contribution is 2.30. The molecule has 0 aliphatic heterocycles. The summed E-state index contributed by atoms with van der Waals surface area (Å²) >= 11 is 0. The van der Waals surface area contributed by atoms with E-state index in [4.69, 9.17) is 0 Å². The van der Waals surface area contributed by atoms with E-state index < -0.39 is 0 Å². The van der Waals surface area contributed by atoms with Crippen LogP contribution in [0.2, 0.25) is 0 Å². The summed E-state index contributed by atoms with van der Waals surface area (Å²) in [5, 5.41) is 9.66. The Morgan fingerprint density at radius 2 is 1.26 bits per heavy atom. The van der Waals surface area contributed by atoms with Crippen molar-refractivity contribution < 1.29 is 9.59 Å². The molecule has 0 unspecified atom stereocenters. The van der Waals surface area contributed by atoms with Crippen LogP contribution in [0.15, 0.2) is 59.8 Å². The largest absolute Gasteiger partial charge is 0.387 e. The fraction of sp³-hybridized carbons (Fsp3) is 0.657. The molecule has 1 aromatic rings. The number of carbonyl (C=O) groups is 2. The number of rotatable bonds is 29. The maximum atomic E-state index is 12.3. The molecular formula is C35H60N4O2S2. The van der Waals surface area contributed by atoms with Gasteiger partial charge in [-0.2, -0.15) is 0 Å². The Hall–Kier alpha value is -2.06. The zero-order valence-corrected chi connectivity index (χ0v) is 28.9. The third kappa shape index (κ3) is 23.1. The van der Waals surface area contributed by atoms with Crippen LogP contribution in [0.4, 0.5) is 0 Å². The van der Waals surface area contributed by atoms with Crippen molar-refractivity contribution >= 4 is 33.4 Å². The second-order valence-electron chi connectivity index (χ2n) is 11.2. The minimum atomic E-state index is 0.128. The van der Waals surface area contributed by atoms with Gasteiger partial charge in [0.05, 0.1) is 0 Å². The molecule has 0 bridgehead atoms. The molecule has 0 spiro atoms.